The van der Waals surface area contributed by atoms with Gasteiger partial charge in [0.2, 0.25) is 0 Å². The average Bonchev–Trinajstić information content (AvgIpc) is 3.04. The summed E-state index contributed by atoms with van der Waals surface area (Å²) < 4.78 is 12.7. The van der Waals surface area contributed by atoms with E-state index in [0.717, 1.165) is 26.2 Å². The van der Waals surface area contributed by atoms with E-state index >= 15 is 0 Å². The largest absolute Gasteiger partial charge is 0.379 e. The molecule has 1 saturated heterocycles. The first-order chi connectivity index (χ1) is 9.38. The van der Waals surface area contributed by atoms with Crippen LogP contribution in [0.5, 0.6) is 0 Å². The minimum Gasteiger partial charge on any atom is -0.379 e. The van der Waals surface area contributed by atoms with Crippen LogP contribution in [0.1, 0.15) is 16.9 Å². The minimum atomic E-state index is 0.265. The van der Waals surface area contributed by atoms with Crippen LogP contribution in [0.4, 0.5) is 0 Å². The van der Waals surface area contributed by atoms with Crippen LogP contribution in [-0.4, -0.2) is 26.4 Å². The lowest BCUT2D eigenvalue weighted by molar-refractivity contribution is 0.0321. The molecule has 102 valence electrons. The smallest absolute Gasteiger partial charge is 0.0835 e. The minimum absolute atomic E-state index is 0.265. The second kappa shape index (κ2) is 6.01. The molecule has 1 aliphatic rings. The molecule has 2 aromatic rings. The van der Waals surface area contributed by atoms with E-state index in [4.69, 9.17) is 9.47 Å². The third-order valence-electron chi connectivity index (χ3n) is 3.47. The van der Waals surface area contributed by atoms with Crippen LogP contribution in [0.15, 0.2) is 24.3 Å². The Labute approximate surface area is 117 Å². The van der Waals surface area contributed by atoms with Crippen molar-refractivity contribution < 1.29 is 9.47 Å². The summed E-state index contributed by atoms with van der Waals surface area (Å²) in [7, 11) is 1.99. The van der Waals surface area contributed by atoms with Gasteiger partial charge in [-0.3, -0.25) is 0 Å². The van der Waals surface area contributed by atoms with Gasteiger partial charge in [-0.2, -0.15) is 0 Å². The first-order valence-corrected chi connectivity index (χ1v) is 7.53. The quantitative estimate of drug-likeness (QED) is 0.911. The molecule has 1 fully saturated rings. The lowest BCUT2D eigenvalue weighted by Gasteiger charge is -2.11. The molecule has 1 aliphatic heterocycles. The zero-order valence-electron chi connectivity index (χ0n) is 11.1. The van der Waals surface area contributed by atoms with Gasteiger partial charge in [-0.1, -0.05) is 18.2 Å². The molecule has 0 aliphatic carbocycles. The van der Waals surface area contributed by atoms with Crippen molar-refractivity contribution in [2.24, 2.45) is 0 Å². The van der Waals surface area contributed by atoms with Crippen LogP contribution >= 0.6 is 11.3 Å². The van der Waals surface area contributed by atoms with Crippen molar-refractivity contribution in [2.45, 2.75) is 25.7 Å². The third-order valence-corrected chi connectivity index (χ3v) is 4.68. The van der Waals surface area contributed by atoms with E-state index in [9.17, 15) is 0 Å². The zero-order valence-corrected chi connectivity index (χ0v) is 12.0. The molecule has 3 rings (SSSR count). The fourth-order valence-electron chi connectivity index (χ4n) is 2.46. The number of ether oxygens (including phenoxy) is 2. The number of hydrogen-bond donors (Lipinski definition) is 1. The Kier molecular flexibility index (Phi) is 4.13. The van der Waals surface area contributed by atoms with Gasteiger partial charge in [0.05, 0.1) is 19.3 Å². The third kappa shape index (κ3) is 2.82. The maximum absolute atomic E-state index is 6.00. The van der Waals surface area contributed by atoms with E-state index in [0.29, 0.717) is 6.61 Å². The SMILES string of the molecule is CNCc1sc2ccccc2c1COC1CCOC1. The van der Waals surface area contributed by atoms with Crippen LogP contribution in [0.25, 0.3) is 10.1 Å². The van der Waals surface area contributed by atoms with Gasteiger partial charge in [-0.15, -0.1) is 11.3 Å². The average molecular weight is 277 g/mol. The number of hydrogen-bond acceptors (Lipinski definition) is 4. The van der Waals surface area contributed by atoms with Gasteiger partial charge in [0, 0.05) is 28.3 Å². The van der Waals surface area contributed by atoms with Gasteiger partial charge in [-0.25, -0.2) is 0 Å². The summed E-state index contributed by atoms with van der Waals surface area (Å²) in [6, 6.07) is 8.56. The lowest BCUT2D eigenvalue weighted by Crippen LogP contribution is -2.13. The molecule has 4 heteroatoms. The molecule has 1 N–H and O–H groups in total. The van der Waals surface area contributed by atoms with Crippen molar-refractivity contribution in [3.05, 3.63) is 34.7 Å². The van der Waals surface area contributed by atoms with E-state index in [1.807, 2.05) is 18.4 Å². The maximum atomic E-state index is 6.00. The van der Waals surface area contributed by atoms with E-state index in [1.165, 1.54) is 20.5 Å². The van der Waals surface area contributed by atoms with Gasteiger partial charge in [0.25, 0.3) is 0 Å². The van der Waals surface area contributed by atoms with E-state index in [-0.39, 0.29) is 6.10 Å². The van der Waals surface area contributed by atoms with Crippen LogP contribution in [0, 0.1) is 0 Å². The molecular weight excluding hydrogens is 258 g/mol. The highest BCUT2D eigenvalue weighted by molar-refractivity contribution is 7.19. The van der Waals surface area contributed by atoms with Crippen molar-refractivity contribution in [1.29, 1.82) is 0 Å². The molecule has 0 amide bonds. The number of rotatable bonds is 5. The Hall–Kier alpha value is -0.940. The molecule has 0 saturated carbocycles. The molecule has 0 bridgehead atoms. The maximum Gasteiger partial charge on any atom is 0.0835 e. The summed E-state index contributed by atoms with van der Waals surface area (Å²) in [6.45, 7) is 3.16. The summed E-state index contributed by atoms with van der Waals surface area (Å²) in [5.74, 6) is 0. The van der Waals surface area contributed by atoms with Crippen molar-refractivity contribution in [1.82, 2.24) is 5.32 Å². The van der Waals surface area contributed by atoms with Gasteiger partial charge >= 0.3 is 0 Å². The monoisotopic (exact) mass is 277 g/mol. The van der Waals surface area contributed by atoms with Crippen molar-refractivity contribution >= 4 is 21.4 Å². The Bertz CT molecular complexity index is 546. The van der Waals surface area contributed by atoms with Gasteiger partial charge in [0.15, 0.2) is 0 Å². The van der Waals surface area contributed by atoms with Crippen molar-refractivity contribution in [3.63, 3.8) is 0 Å². The lowest BCUT2D eigenvalue weighted by atomic mass is 10.1. The first-order valence-electron chi connectivity index (χ1n) is 6.71. The molecule has 0 spiro atoms. The standard InChI is InChI=1S/C15H19NO2S/c1-16-8-15-13(10-18-11-6-7-17-9-11)12-4-2-3-5-14(12)19-15/h2-5,11,16H,6-10H2,1H3. The second-order valence-electron chi connectivity index (χ2n) is 4.83. The number of benzene rings is 1. The molecule has 2 heterocycles. The summed E-state index contributed by atoms with van der Waals surface area (Å²) in [6.07, 6.45) is 1.28. The van der Waals surface area contributed by atoms with E-state index in [1.54, 1.807) is 0 Å². The van der Waals surface area contributed by atoms with Crippen LogP contribution < -0.4 is 5.32 Å². The van der Waals surface area contributed by atoms with Gasteiger partial charge < -0.3 is 14.8 Å². The molecule has 19 heavy (non-hydrogen) atoms. The Morgan fingerprint density at radius 2 is 2.32 bits per heavy atom. The summed E-state index contributed by atoms with van der Waals surface area (Å²) in [4.78, 5) is 1.38. The van der Waals surface area contributed by atoms with E-state index < -0.39 is 0 Å². The number of nitrogens with one attached hydrogen (secondary N) is 1. The molecular formula is C15H19NO2S. The highest BCUT2D eigenvalue weighted by Gasteiger charge is 2.18. The van der Waals surface area contributed by atoms with Crippen molar-refractivity contribution in [2.75, 3.05) is 20.3 Å². The molecule has 0 radical (unpaired) electrons. The Morgan fingerprint density at radius 3 is 3.11 bits per heavy atom. The normalized spacial score (nSPS) is 19.3. The van der Waals surface area contributed by atoms with E-state index in [2.05, 4.69) is 29.6 Å². The topological polar surface area (TPSA) is 30.5 Å². The molecule has 1 aromatic carbocycles. The molecule has 1 aromatic heterocycles. The predicted molar refractivity (Wildman–Crippen MR) is 78.6 cm³/mol. The Balaban J connectivity index is 1.84. The summed E-state index contributed by atoms with van der Waals surface area (Å²) >= 11 is 1.86. The summed E-state index contributed by atoms with van der Waals surface area (Å²) in [5.41, 5.74) is 1.34. The second-order valence-corrected chi connectivity index (χ2v) is 5.96. The zero-order chi connectivity index (χ0) is 13.1. The van der Waals surface area contributed by atoms with Crippen LogP contribution in [0.2, 0.25) is 0 Å². The van der Waals surface area contributed by atoms with Crippen LogP contribution in [0.3, 0.4) is 0 Å². The number of fused-ring (bicyclic) bond motifs is 1. The van der Waals surface area contributed by atoms with Gasteiger partial charge in [-0.05, 0) is 24.9 Å². The summed E-state index contributed by atoms with van der Waals surface area (Å²) in [5, 5.41) is 4.57. The molecule has 1 atom stereocenters. The molecule has 1 unspecified atom stereocenters. The highest BCUT2D eigenvalue weighted by Crippen LogP contribution is 2.32. The van der Waals surface area contributed by atoms with Gasteiger partial charge in [0.1, 0.15) is 0 Å². The first kappa shape index (κ1) is 13.1. The highest BCUT2D eigenvalue weighted by atomic mass is 32.1. The Morgan fingerprint density at radius 1 is 1.42 bits per heavy atom. The van der Waals surface area contributed by atoms with Crippen LogP contribution in [-0.2, 0) is 22.6 Å². The predicted octanol–water partition coefficient (Wildman–Crippen LogP) is 2.93. The number of thiophene rings is 1. The fraction of sp³-hybridized carbons (Fsp3) is 0.467. The van der Waals surface area contributed by atoms with Crippen molar-refractivity contribution in [3.8, 4) is 0 Å². The molecule has 3 nitrogen and oxygen atoms in total. The fourth-order valence-corrected chi connectivity index (χ4v) is 3.68.